The van der Waals surface area contributed by atoms with Crippen LogP contribution in [-0.4, -0.2) is 40.6 Å². The number of fused-ring (bicyclic) bond motifs is 3. The zero-order chi connectivity index (χ0) is 21.5. The summed E-state index contributed by atoms with van der Waals surface area (Å²) in [7, 11) is 0. The fraction of sp³-hybridized carbons (Fsp3) is 0.318. The number of nitrogens with zero attached hydrogens (tertiary/aromatic N) is 3. The molecule has 2 aromatic carbocycles. The first kappa shape index (κ1) is 19.6. The van der Waals surface area contributed by atoms with Gasteiger partial charge in [-0.1, -0.05) is 12.1 Å². The van der Waals surface area contributed by atoms with Gasteiger partial charge in [-0.05, 0) is 37.1 Å². The van der Waals surface area contributed by atoms with Gasteiger partial charge in [0.05, 0.1) is 30.1 Å². The van der Waals surface area contributed by atoms with Crippen LogP contribution in [0.2, 0.25) is 0 Å². The Bertz CT molecular complexity index is 1170. The minimum Gasteiger partial charge on any atom is -0.376 e. The van der Waals surface area contributed by atoms with Crippen LogP contribution in [0.4, 0.5) is 20.4 Å². The predicted octanol–water partition coefficient (Wildman–Crippen LogP) is 3.41. The van der Waals surface area contributed by atoms with E-state index in [0.29, 0.717) is 19.1 Å². The number of imidazole rings is 1. The molecule has 0 aliphatic carbocycles. The number of carbonyl (C=O) groups excluding carboxylic acids is 2. The number of para-hydroxylation sites is 2. The predicted molar refractivity (Wildman–Crippen MR) is 110 cm³/mol. The van der Waals surface area contributed by atoms with Crippen LogP contribution in [0.15, 0.2) is 42.5 Å². The van der Waals surface area contributed by atoms with Crippen molar-refractivity contribution in [1.82, 2.24) is 9.55 Å². The molecule has 2 atom stereocenters. The lowest BCUT2D eigenvalue weighted by Crippen LogP contribution is -2.37. The molecule has 1 aromatic heterocycles. The summed E-state index contributed by atoms with van der Waals surface area (Å²) in [5.74, 6) is -2.27. The van der Waals surface area contributed by atoms with E-state index < -0.39 is 23.6 Å². The van der Waals surface area contributed by atoms with Gasteiger partial charge in [0, 0.05) is 18.4 Å². The number of amides is 2. The molecule has 7 nitrogen and oxygen atoms in total. The molecule has 3 heterocycles. The number of ether oxygens (including phenoxy) is 1. The summed E-state index contributed by atoms with van der Waals surface area (Å²) in [5, 5.41) is 2.54. The minimum atomic E-state index is -1.06. The smallest absolute Gasteiger partial charge is 0.253 e. The van der Waals surface area contributed by atoms with E-state index in [4.69, 9.17) is 4.74 Å². The molecule has 2 amide bonds. The third-order valence-electron chi connectivity index (χ3n) is 5.67. The molecule has 160 valence electrons. The lowest BCUT2D eigenvalue weighted by Gasteiger charge is -2.19. The highest BCUT2D eigenvalue weighted by molar-refractivity contribution is 6.05. The van der Waals surface area contributed by atoms with E-state index >= 15 is 0 Å². The Morgan fingerprint density at radius 1 is 1.19 bits per heavy atom. The van der Waals surface area contributed by atoms with Crippen molar-refractivity contribution in [3.8, 4) is 0 Å². The lowest BCUT2D eigenvalue weighted by molar-refractivity contribution is -0.124. The summed E-state index contributed by atoms with van der Waals surface area (Å²) >= 11 is 0. The maximum atomic E-state index is 13.5. The van der Waals surface area contributed by atoms with E-state index in [2.05, 4.69) is 10.3 Å². The number of nitrogens with one attached hydrogen (secondary N) is 1. The van der Waals surface area contributed by atoms with E-state index in [1.807, 2.05) is 24.3 Å². The Hall–Kier alpha value is -3.33. The largest absolute Gasteiger partial charge is 0.376 e. The number of anilines is 2. The summed E-state index contributed by atoms with van der Waals surface area (Å²) < 4.78 is 34.1. The normalized spacial score (nSPS) is 20.5. The van der Waals surface area contributed by atoms with Crippen LogP contribution >= 0.6 is 0 Å². The van der Waals surface area contributed by atoms with Crippen LogP contribution in [0.3, 0.4) is 0 Å². The number of halogens is 2. The molecular formula is C22H20F2N4O3. The van der Waals surface area contributed by atoms with Crippen molar-refractivity contribution in [3.05, 3.63) is 54.1 Å². The fourth-order valence-corrected chi connectivity index (χ4v) is 4.22. The number of benzene rings is 2. The molecule has 3 aromatic rings. The van der Waals surface area contributed by atoms with Gasteiger partial charge in [0.25, 0.3) is 5.91 Å². The standard InChI is InChI=1S/C22H20F2N4O3/c23-15-8-7-13(10-16(15)24)25-20(29)11-19-21(30)27(12-14-4-3-9-31-14)22-26-17-5-1-2-6-18(17)28(19)22/h1-2,5-8,10,14,19H,3-4,9,11-12H2,(H,25,29)/t14-,19+/m0/s1. The molecule has 31 heavy (non-hydrogen) atoms. The van der Waals surface area contributed by atoms with E-state index in [1.54, 1.807) is 9.47 Å². The lowest BCUT2D eigenvalue weighted by atomic mass is 10.1. The molecule has 2 aliphatic heterocycles. The van der Waals surface area contributed by atoms with Crippen LogP contribution in [-0.2, 0) is 14.3 Å². The first-order valence-corrected chi connectivity index (χ1v) is 10.2. The highest BCUT2D eigenvalue weighted by Gasteiger charge is 2.42. The topological polar surface area (TPSA) is 76.5 Å². The highest BCUT2D eigenvalue weighted by atomic mass is 19.2. The summed E-state index contributed by atoms with van der Waals surface area (Å²) in [4.78, 5) is 32.1. The Morgan fingerprint density at radius 3 is 2.81 bits per heavy atom. The van der Waals surface area contributed by atoms with Crippen molar-refractivity contribution < 1.29 is 23.1 Å². The monoisotopic (exact) mass is 426 g/mol. The fourth-order valence-electron chi connectivity index (χ4n) is 4.22. The molecule has 5 rings (SSSR count). The third-order valence-corrected chi connectivity index (χ3v) is 5.67. The summed E-state index contributed by atoms with van der Waals surface area (Å²) in [6.45, 7) is 1.05. The Labute approximate surface area is 176 Å². The Kier molecular flexibility index (Phi) is 4.90. The van der Waals surface area contributed by atoms with Crippen LogP contribution in [0.1, 0.15) is 25.3 Å². The number of hydrogen-bond donors (Lipinski definition) is 1. The summed E-state index contributed by atoms with van der Waals surface area (Å²) in [6, 6.07) is 9.76. The summed E-state index contributed by atoms with van der Waals surface area (Å²) in [5.41, 5.74) is 1.61. The van der Waals surface area contributed by atoms with E-state index in [9.17, 15) is 18.4 Å². The van der Waals surface area contributed by atoms with Crippen molar-refractivity contribution >= 4 is 34.5 Å². The summed E-state index contributed by atoms with van der Waals surface area (Å²) in [6.07, 6.45) is 1.59. The van der Waals surface area contributed by atoms with Crippen LogP contribution in [0, 0.1) is 11.6 Å². The first-order chi connectivity index (χ1) is 15.0. The number of hydrogen-bond acceptors (Lipinski definition) is 4. The molecule has 0 spiro atoms. The molecular weight excluding hydrogens is 406 g/mol. The SMILES string of the molecule is O=C(C[C@@H]1C(=O)N(C[C@@H]2CCCO2)c2nc3ccccc3n21)Nc1ccc(F)c(F)c1. The Balaban J connectivity index is 1.43. The average molecular weight is 426 g/mol. The van der Waals surface area contributed by atoms with Crippen molar-refractivity contribution in [2.24, 2.45) is 0 Å². The second-order valence-electron chi connectivity index (χ2n) is 7.75. The number of carbonyl (C=O) groups is 2. The molecule has 9 heteroatoms. The average Bonchev–Trinajstić information content (AvgIpc) is 3.45. The van der Waals surface area contributed by atoms with Gasteiger partial charge in [-0.3, -0.25) is 19.1 Å². The van der Waals surface area contributed by atoms with Crippen molar-refractivity contribution in [2.75, 3.05) is 23.4 Å². The molecule has 0 bridgehead atoms. The van der Waals surface area contributed by atoms with Crippen LogP contribution < -0.4 is 10.2 Å². The van der Waals surface area contributed by atoms with Gasteiger partial charge in [0.1, 0.15) is 6.04 Å². The highest BCUT2D eigenvalue weighted by Crippen LogP contribution is 2.37. The van der Waals surface area contributed by atoms with E-state index in [1.165, 1.54) is 6.07 Å². The van der Waals surface area contributed by atoms with Crippen LogP contribution in [0.5, 0.6) is 0 Å². The van der Waals surface area contributed by atoms with Crippen molar-refractivity contribution in [2.45, 2.75) is 31.4 Å². The second kappa shape index (κ2) is 7.73. The minimum absolute atomic E-state index is 0.0630. The van der Waals surface area contributed by atoms with E-state index in [-0.39, 0.29) is 24.1 Å². The van der Waals surface area contributed by atoms with Crippen molar-refractivity contribution in [3.63, 3.8) is 0 Å². The molecule has 1 N–H and O–H groups in total. The second-order valence-corrected chi connectivity index (χ2v) is 7.75. The molecule has 0 saturated carbocycles. The molecule has 1 saturated heterocycles. The van der Waals surface area contributed by atoms with Gasteiger partial charge in [-0.25, -0.2) is 13.8 Å². The quantitative estimate of drug-likeness (QED) is 0.679. The third kappa shape index (κ3) is 3.54. The van der Waals surface area contributed by atoms with Gasteiger partial charge < -0.3 is 10.1 Å². The van der Waals surface area contributed by atoms with Crippen molar-refractivity contribution in [1.29, 1.82) is 0 Å². The first-order valence-electron chi connectivity index (χ1n) is 10.2. The van der Waals surface area contributed by atoms with Gasteiger partial charge in [0.15, 0.2) is 11.6 Å². The number of rotatable bonds is 5. The number of aromatic nitrogens is 2. The van der Waals surface area contributed by atoms with Gasteiger partial charge in [-0.15, -0.1) is 0 Å². The zero-order valence-electron chi connectivity index (χ0n) is 16.6. The maximum absolute atomic E-state index is 13.5. The van der Waals surface area contributed by atoms with Gasteiger partial charge in [-0.2, -0.15) is 0 Å². The molecule has 1 fully saturated rings. The van der Waals surface area contributed by atoms with Crippen LogP contribution in [0.25, 0.3) is 11.0 Å². The maximum Gasteiger partial charge on any atom is 0.253 e. The zero-order valence-corrected chi connectivity index (χ0v) is 16.6. The van der Waals surface area contributed by atoms with Gasteiger partial charge in [0.2, 0.25) is 11.9 Å². The molecule has 0 unspecified atom stereocenters. The Morgan fingerprint density at radius 2 is 2.03 bits per heavy atom. The molecule has 0 radical (unpaired) electrons. The molecule has 2 aliphatic rings. The van der Waals surface area contributed by atoms with E-state index in [0.717, 1.165) is 36.0 Å². The van der Waals surface area contributed by atoms with Gasteiger partial charge >= 0.3 is 0 Å².